The molecule has 1 aromatic carbocycles. The molecule has 0 radical (unpaired) electrons. The molecule has 2 unspecified atom stereocenters. The normalized spacial score (nSPS) is 15.0. The van der Waals surface area contributed by atoms with E-state index in [1.54, 1.807) is 13.0 Å². The minimum atomic E-state index is -4.28. The fourth-order valence-corrected chi connectivity index (χ4v) is 3.18. The average Bonchev–Trinajstić information content (AvgIpc) is 2.42. The van der Waals surface area contributed by atoms with Crippen LogP contribution in [0.5, 0.6) is 0 Å². The second-order valence-electron chi connectivity index (χ2n) is 5.23. The lowest BCUT2D eigenvalue weighted by Gasteiger charge is -2.22. The highest BCUT2D eigenvalue weighted by Gasteiger charge is 2.31. The van der Waals surface area contributed by atoms with Crippen LogP contribution < -0.4 is 5.32 Å². The fraction of sp³-hybridized carbons (Fsp3) is 0.625. The Kier molecular flexibility index (Phi) is 7.07. The predicted octanol–water partition coefficient (Wildman–Crippen LogP) is 5.20. The molecule has 0 fully saturated rings. The second-order valence-corrected chi connectivity index (χ2v) is 6.70. The van der Waals surface area contributed by atoms with Crippen molar-refractivity contribution in [1.29, 1.82) is 0 Å². The number of benzene rings is 1. The molecule has 120 valence electrons. The summed E-state index contributed by atoms with van der Waals surface area (Å²) in [5.74, 6) is 0.870. The van der Waals surface area contributed by atoms with E-state index in [9.17, 15) is 13.2 Å². The van der Waals surface area contributed by atoms with Crippen LogP contribution in [-0.4, -0.2) is 17.5 Å². The van der Waals surface area contributed by atoms with Gasteiger partial charge in [0, 0.05) is 17.0 Å². The first-order valence-corrected chi connectivity index (χ1v) is 8.37. The molecule has 0 saturated heterocycles. The molecule has 0 aliphatic rings. The number of rotatable bonds is 7. The maximum atomic E-state index is 12.7. The Hall–Kier alpha value is -0.680. The van der Waals surface area contributed by atoms with Gasteiger partial charge in [0.25, 0.3) is 0 Å². The quantitative estimate of drug-likeness (QED) is 0.741. The fourth-order valence-electron chi connectivity index (χ4n) is 2.13. The molecule has 1 N–H and O–H groups in total. The van der Waals surface area contributed by atoms with Gasteiger partial charge in [-0.2, -0.15) is 24.9 Å². The number of alkyl halides is 3. The molecule has 0 aliphatic heterocycles. The summed E-state index contributed by atoms with van der Waals surface area (Å²) in [5.41, 5.74) is 1.08. The van der Waals surface area contributed by atoms with Crippen LogP contribution in [0.25, 0.3) is 0 Å². The van der Waals surface area contributed by atoms with E-state index in [-0.39, 0.29) is 6.04 Å². The summed E-state index contributed by atoms with van der Waals surface area (Å²) in [7, 11) is 0. The zero-order valence-electron chi connectivity index (χ0n) is 13.1. The third kappa shape index (κ3) is 5.55. The molecule has 0 heterocycles. The summed E-state index contributed by atoms with van der Waals surface area (Å²) in [4.78, 5) is 0. The molecule has 0 spiro atoms. The van der Waals surface area contributed by atoms with Crippen molar-refractivity contribution in [2.45, 2.75) is 51.6 Å². The van der Waals surface area contributed by atoms with E-state index in [0.29, 0.717) is 10.8 Å². The Balaban J connectivity index is 2.92. The van der Waals surface area contributed by atoms with Gasteiger partial charge in [-0.25, -0.2) is 0 Å². The molecule has 0 aromatic heterocycles. The van der Waals surface area contributed by atoms with Gasteiger partial charge >= 0.3 is 6.18 Å². The Morgan fingerprint density at radius 2 is 1.90 bits per heavy atom. The van der Waals surface area contributed by atoms with Gasteiger partial charge < -0.3 is 5.32 Å². The number of aryl methyl sites for hydroxylation is 1. The number of hydrogen-bond acceptors (Lipinski definition) is 2. The maximum absolute atomic E-state index is 12.7. The number of halogens is 3. The van der Waals surface area contributed by atoms with Crippen molar-refractivity contribution in [2.24, 2.45) is 0 Å². The minimum Gasteiger partial charge on any atom is -0.310 e. The summed E-state index contributed by atoms with van der Waals surface area (Å²) in [6.45, 7) is 8.88. The van der Waals surface area contributed by atoms with Crippen molar-refractivity contribution in [3.63, 3.8) is 0 Å². The van der Waals surface area contributed by atoms with Crippen molar-refractivity contribution in [1.82, 2.24) is 5.32 Å². The summed E-state index contributed by atoms with van der Waals surface area (Å²) in [5, 5.41) is 3.93. The van der Waals surface area contributed by atoms with Gasteiger partial charge in [0.1, 0.15) is 0 Å². The molecule has 0 aliphatic carbocycles. The molecule has 0 amide bonds. The summed E-state index contributed by atoms with van der Waals surface area (Å²) < 4.78 is 38.2. The monoisotopic (exact) mass is 319 g/mol. The summed E-state index contributed by atoms with van der Waals surface area (Å²) in [6, 6.07) is 4.13. The van der Waals surface area contributed by atoms with Crippen LogP contribution in [0.2, 0.25) is 0 Å². The highest BCUT2D eigenvalue weighted by atomic mass is 32.2. The van der Waals surface area contributed by atoms with Gasteiger partial charge in [0.05, 0.1) is 5.56 Å². The summed E-state index contributed by atoms with van der Waals surface area (Å²) in [6.07, 6.45) is -3.18. The molecular formula is C16H24F3NS. The lowest BCUT2D eigenvalue weighted by Crippen LogP contribution is -2.24. The largest absolute Gasteiger partial charge is 0.416 e. The van der Waals surface area contributed by atoms with Crippen molar-refractivity contribution in [3.8, 4) is 0 Å². The smallest absolute Gasteiger partial charge is 0.310 e. The van der Waals surface area contributed by atoms with Crippen LogP contribution in [0.4, 0.5) is 13.2 Å². The highest BCUT2D eigenvalue weighted by molar-refractivity contribution is 7.99. The van der Waals surface area contributed by atoms with Crippen LogP contribution in [0, 0.1) is 6.92 Å². The predicted molar refractivity (Wildman–Crippen MR) is 84.8 cm³/mol. The van der Waals surface area contributed by atoms with Crippen LogP contribution >= 0.6 is 11.8 Å². The molecule has 5 heteroatoms. The molecular weight excluding hydrogens is 295 g/mol. The molecule has 21 heavy (non-hydrogen) atoms. The Labute approximate surface area is 129 Å². The summed E-state index contributed by atoms with van der Waals surface area (Å²) >= 11 is 1.85. The second kappa shape index (κ2) is 8.08. The molecule has 0 bridgehead atoms. The van der Waals surface area contributed by atoms with E-state index in [0.717, 1.165) is 24.3 Å². The van der Waals surface area contributed by atoms with Crippen molar-refractivity contribution >= 4 is 11.8 Å². The zero-order chi connectivity index (χ0) is 16.0. The molecule has 2 atom stereocenters. The first-order valence-electron chi connectivity index (χ1n) is 7.32. The van der Waals surface area contributed by atoms with Crippen molar-refractivity contribution < 1.29 is 13.2 Å². The first-order chi connectivity index (χ1) is 9.79. The molecule has 1 aromatic rings. The van der Waals surface area contributed by atoms with Crippen LogP contribution in [0.3, 0.4) is 0 Å². The molecule has 0 saturated carbocycles. The molecule has 1 nitrogen and oxygen atoms in total. The third-order valence-electron chi connectivity index (χ3n) is 3.55. The molecule has 1 rings (SSSR count). The number of hydrogen-bond donors (Lipinski definition) is 1. The van der Waals surface area contributed by atoms with E-state index in [1.165, 1.54) is 12.1 Å². The van der Waals surface area contributed by atoms with E-state index >= 15 is 0 Å². The van der Waals surface area contributed by atoms with Gasteiger partial charge in [-0.15, -0.1) is 0 Å². The lowest BCUT2D eigenvalue weighted by molar-refractivity contribution is -0.137. The van der Waals surface area contributed by atoms with Gasteiger partial charge in [-0.1, -0.05) is 26.8 Å². The highest BCUT2D eigenvalue weighted by Crippen LogP contribution is 2.32. The van der Waals surface area contributed by atoms with Crippen molar-refractivity contribution in [2.75, 3.05) is 12.3 Å². The lowest BCUT2D eigenvalue weighted by atomic mass is 9.99. The Morgan fingerprint density at radius 3 is 2.38 bits per heavy atom. The SMILES string of the molecule is CCNC(CSC(C)CC)c1ccc(C(F)(F)F)cc1C. The van der Waals surface area contributed by atoms with E-state index in [2.05, 4.69) is 19.2 Å². The zero-order valence-corrected chi connectivity index (χ0v) is 13.9. The topological polar surface area (TPSA) is 12.0 Å². The maximum Gasteiger partial charge on any atom is 0.416 e. The number of nitrogens with one attached hydrogen (secondary N) is 1. The van der Waals surface area contributed by atoms with E-state index in [1.807, 2.05) is 18.7 Å². The van der Waals surface area contributed by atoms with Crippen molar-refractivity contribution in [3.05, 3.63) is 34.9 Å². The van der Waals surface area contributed by atoms with Gasteiger partial charge in [0.2, 0.25) is 0 Å². The Morgan fingerprint density at radius 1 is 1.24 bits per heavy atom. The van der Waals surface area contributed by atoms with Gasteiger partial charge in [0.15, 0.2) is 0 Å². The van der Waals surface area contributed by atoms with E-state index < -0.39 is 11.7 Å². The third-order valence-corrected chi connectivity index (χ3v) is 4.97. The van der Waals surface area contributed by atoms with E-state index in [4.69, 9.17) is 0 Å². The Bertz CT molecular complexity index is 446. The standard InChI is InChI=1S/C16H24F3NS/c1-5-12(4)21-10-15(20-6-2)14-8-7-13(9-11(14)3)16(17,18)19/h7-9,12,15,20H,5-6,10H2,1-4H3. The van der Waals surface area contributed by atoms with Gasteiger partial charge in [-0.3, -0.25) is 0 Å². The minimum absolute atomic E-state index is 0.0938. The number of thioether (sulfide) groups is 1. The average molecular weight is 319 g/mol. The first kappa shape index (κ1) is 18.4. The van der Waals surface area contributed by atoms with Crippen LogP contribution in [-0.2, 0) is 6.18 Å². The van der Waals surface area contributed by atoms with Crippen LogP contribution in [0.15, 0.2) is 18.2 Å². The van der Waals surface area contributed by atoms with Gasteiger partial charge in [-0.05, 0) is 43.1 Å². The van der Waals surface area contributed by atoms with Crippen LogP contribution in [0.1, 0.15) is 49.9 Å².